The van der Waals surface area contributed by atoms with Gasteiger partial charge in [-0.1, -0.05) is 6.07 Å². The third-order valence-electron chi connectivity index (χ3n) is 2.35. The van der Waals surface area contributed by atoms with Crippen molar-refractivity contribution in [1.29, 1.82) is 0 Å². The third-order valence-corrected chi connectivity index (χ3v) is 2.35. The SMILES string of the molecule is Cc1ccc(F)cc1Nc1ccc(C(=O)O)nn1. The fourth-order valence-corrected chi connectivity index (χ4v) is 1.38. The Morgan fingerprint density at radius 3 is 2.67 bits per heavy atom. The lowest BCUT2D eigenvalue weighted by atomic mass is 10.2. The molecule has 0 bridgehead atoms. The van der Waals surface area contributed by atoms with Crippen LogP contribution in [0, 0.1) is 12.7 Å². The summed E-state index contributed by atoms with van der Waals surface area (Å²) in [7, 11) is 0. The quantitative estimate of drug-likeness (QED) is 0.870. The fraction of sp³-hybridized carbons (Fsp3) is 0.0833. The predicted molar refractivity (Wildman–Crippen MR) is 63.4 cm³/mol. The Kier molecular flexibility index (Phi) is 3.18. The van der Waals surface area contributed by atoms with E-state index in [1.807, 2.05) is 6.92 Å². The lowest BCUT2D eigenvalue weighted by Crippen LogP contribution is -2.04. The van der Waals surface area contributed by atoms with Crippen LogP contribution in [0.25, 0.3) is 0 Å². The van der Waals surface area contributed by atoms with E-state index in [4.69, 9.17) is 5.11 Å². The van der Waals surface area contributed by atoms with Gasteiger partial charge in [0.1, 0.15) is 5.82 Å². The van der Waals surface area contributed by atoms with Crippen LogP contribution >= 0.6 is 0 Å². The van der Waals surface area contributed by atoms with Gasteiger partial charge in [-0.2, -0.15) is 0 Å². The van der Waals surface area contributed by atoms with E-state index in [0.29, 0.717) is 11.5 Å². The zero-order valence-electron chi connectivity index (χ0n) is 9.51. The van der Waals surface area contributed by atoms with E-state index in [9.17, 15) is 9.18 Å². The summed E-state index contributed by atoms with van der Waals surface area (Å²) in [6, 6.07) is 7.13. The molecule has 0 fully saturated rings. The molecule has 0 radical (unpaired) electrons. The molecule has 0 aliphatic rings. The van der Waals surface area contributed by atoms with Gasteiger partial charge in [-0.3, -0.25) is 0 Å². The summed E-state index contributed by atoms with van der Waals surface area (Å²) in [6.45, 7) is 1.82. The number of anilines is 2. The number of carboxylic acids is 1. The summed E-state index contributed by atoms with van der Waals surface area (Å²) >= 11 is 0. The summed E-state index contributed by atoms with van der Waals surface area (Å²) in [5.41, 5.74) is 1.27. The molecule has 0 aliphatic carbocycles. The van der Waals surface area contributed by atoms with E-state index in [0.717, 1.165) is 5.56 Å². The predicted octanol–water partition coefficient (Wildman–Crippen LogP) is 2.37. The number of nitrogens with zero attached hydrogens (tertiary/aromatic N) is 2. The Morgan fingerprint density at radius 2 is 2.06 bits per heavy atom. The topological polar surface area (TPSA) is 75.1 Å². The molecule has 5 nitrogen and oxygen atoms in total. The molecule has 0 unspecified atom stereocenters. The fourth-order valence-electron chi connectivity index (χ4n) is 1.38. The minimum Gasteiger partial charge on any atom is -0.476 e. The first-order valence-corrected chi connectivity index (χ1v) is 5.16. The molecule has 0 atom stereocenters. The largest absolute Gasteiger partial charge is 0.476 e. The first-order valence-electron chi connectivity index (χ1n) is 5.16. The molecule has 6 heteroatoms. The third kappa shape index (κ3) is 2.60. The Bertz CT molecular complexity index is 584. The number of carbonyl (C=O) groups is 1. The van der Waals surface area contributed by atoms with Crippen molar-refractivity contribution < 1.29 is 14.3 Å². The van der Waals surface area contributed by atoms with Gasteiger partial charge in [0.25, 0.3) is 0 Å². The van der Waals surface area contributed by atoms with Crippen molar-refractivity contribution in [2.75, 3.05) is 5.32 Å². The van der Waals surface area contributed by atoms with Crippen LogP contribution in [0.5, 0.6) is 0 Å². The van der Waals surface area contributed by atoms with Gasteiger partial charge in [0, 0.05) is 5.69 Å². The van der Waals surface area contributed by atoms with Gasteiger partial charge in [-0.15, -0.1) is 10.2 Å². The van der Waals surface area contributed by atoms with E-state index < -0.39 is 5.97 Å². The first kappa shape index (κ1) is 12.0. The molecule has 1 aromatic carbocycles. The van der Waals surface area contributed by atoms with Crippen LogP contribution in [0.3, 0.4) is 0 Å². The Hall–Kier alpha value is -2.50. The second-order valence-electron chi connectivity index (χ2n) is 3.69. The number of nitrogens with one attached hydrogen (secondary N) is 1. The number of hydrogen-bond acceptors (Lipinski definition) is 4. The zero-order chi connectivity index (χ0) is 13.1. The van der Waals surface area contributed by atoms with Crippen LogP contribution in [0.15, 0.2) is 30.3 Å². The molecule has 92 valence electrons. The smallest absolute Gasteiger partial charge is 0.356 e. The molecule has 2 N–H and O–H groups in total. The molecular weight excluding hydrogens is 237 g/mol. The highest BCUT2D eigenvalue weighted by molar-refractivity contribution is 5.85. The van der Waals surface area contributed by atoms with Gasteiger partial charge in [0.15, 0.2) is 11.5 Å². The number of rotatable bonds is 3. The second kappa shape index (κ2) is 4.79. The van der Waals surface area contributed by atoms with E-state index in [1.54, 1.807) is 6.07 Å². The lowest BCUT2D eigenvalue weighted by molar-refractivity contribution is 0.0689. The maximum absolute atomic E-state index is 13.1. The summed E-state index contributed by atoms with van der Waals surface area (Å²) in [5, 5.41) is 18.8. The molecule has 0 spiro atoms. The van der Waals surface area contributed by atoms with Crippen molar-refractivity contribution in [3.63, 3.8) is 0 Å². The van der Waals surface area contributed by atoms with Gasteiger partial charge < -0.3 is 10.4 Å². The highest BCUT2D eigenvalue weighted by atomic mass is 19.1. The van der Waals surface area contributed by atoms with Crippen LogP contribution < -0.4 is 5.32 Å². The molecule has 0 amide bonds. The Labute approximate surface area is 102 Å². The number of aromatic nitrogens is 2. The molecular formula is C12H10FN3O2. The van der Waals surface area contributed by atoms with Crippen LogP contribution in [0.1, 0.15) is 16.1 Å². The van der Waals surface area contributed by atoms with Crippen molar-refractivity contribution in [3.8, 4) is 0 Å². The molecule has 0 saturated heterocycles. The minimum absolute atomic E-state index is 0.142. The van der Waals surface area contributed by atoms with Gasteiger partial charge in [0.05, 0.1) is 0 Å². The van der Waals surface area contributed by atoms with E-state index in [2.05, 4.69) is 15.5 Å². The van der Waals surface area contributed by atoms with Crippen molar-refractivity contribution >= 4 is 17.5 Å². The van der Waals surface area contributed by atoms with Crippen molar-refractivity contribution in [1.82, 2.24) is 10.2 Å². The molecule has 2 aromatic rings. The van der Waals surface area contributed by atoms with Gasteiger partial charge in [-0.05, 0) is 36.8 Å². The number of halogens is 1. The standard InChI is InChI=1S/C12H10FN3O2/c1-7-2-3-8(13)6-10(7)14-11-5-4-9(12(17)18)15-16-11/h2-6H,1H3,(H,14,16)(H,17,18). The molecule has 0 aliphatic heterocycles. The summed E-state index contributed by atoms with van der Waals surface area (Å²) in [6.07, 6.45) is 0. The summed E-state index contributed by atoms with van der Waals surface area (Å²) < 4.78 is 13.1. The van der Waals surface area contributed by atoms with Gasteiger partial charge in [0.2, 0.25) is 0 Å². The van der Waals surface area contributed by atoms with Crippen LogP contribution in [-0.4, -0.2) is 21.3 Å². The molecule has 0 saturated carbocycles. The lowest BCUT2D eigenvalue weighted by Gasteiger charge is -2.08. The normalized spacial score (nSPS) is 10.1. The second-order valence-corrected chi connectivity index (χ2v) is 3.69. The maximum Gasteiger partial charge on any atom is 0.356 e. The van der Waals surface area contributed by atoms with E-state index >= 15 is 0 Å². The Morgan fingerprint density at radius 1 is 1.28 bits per heavy atom. The highest BCUT2D eigenvalue weighted by Crippen LogP contribution is 2.19. The van der Waals surface area contributed by atoms with Crippen LogP contribution in [-0.2, 0) is 0 Å². The number of hydrogen-bond donors (Lipinski definition) is 2. The minimum atomic E-state index is -1.14. The van der Waals surface area contributed by atoms with Gasteiger partial charge in [-0.25, -0.2) is 9.18 Å². The van der Waals surface area contributed by atoms with Crippen LogP contribution in [0.4, 0.5) is 15.9 Å². The molecule has 18 heavy (non-hydrogen) atoms. The summed E-state index contributed by atoms with van der Waals surface area (Å²) in [5.74, 6) is -1.15. The monoisotopic (exact) mass is 247 g/mol. The van der Waals surface area contributed by atoms with Crippen molar-refractivity contribution in [3.05, 3.63) is 47.4 Å². The molecule has 2 rings (SSSR count). The van der Waals surface area contributed by atoms with Gasteiger partial charge >= 0.3 is 5.97 Å². The molecule has 1 heterocycles. The average molecular weight is 247 g/mol. The number of benzene rings is 1. The number of carboxylic acid groups (broad SMARTS) is 1. The number of aromatic carboxylic acids is 1. The Balaban J connectivity index is 2.23. The molecule has 1 aromatic heterocycles. The van der Waals surface area contributed by atoms with E-state index in [-0.39, 0.29) is 11.5 Å². The highest BCUT2D eigenvalue weighted by Gasteiger charge is 2.06. The number of aryl methyl sites for hydroxylation is 1. The van der Waals surface area contributed by atoms with Crippen LogP contribution in [0.2, 0.25) is 0 Å². The zero-order valence-corrected chi connectivity index (χ0v) is 9.51. The average Bonchev–Trinajstić information content (AvgIpc) is 2.34. The summed E-state index contributed by atoms with van der Waals surface area (Å²) in [4.78, 5) is 10.6. The van der Waals surface area contributed by atoms with Crippen molar-refractivity contribution in [2.24, 2.45) is 0 Å². The van der Waals surface area contributed by atoms with E-state index in [1.165, 1.54) is 24.3 Å². The van der Waals surface area contributed by atoms with Crippen molar-refractivity contribution in [2.45, 2.75) is 6.92 Å². The maximum atomic E-state index is 13.1. The first-order chi connectivity index (χ1) is 8.56.